The van der Waals surface area contributed by atoms with Crippen molar-refractivity contribution in [2.75, 3.05) is 13.6 Å². The number of aromatic nitrogens is 1. The zero-order valence-corrected chi connectivity index (χ0v) is 13.5. The van der Waals surface area contributed by atoms with Gasteiger partial charge in [-0.05, 0) is 37.1 Å². The number of hydrogen-bond acceptors (Lipinski definition) is 4. The quantitative estimate of drug-likeness (QED) is 0.853. The molecule has 0 amide bonds. The van der Waals surface area contributed by atoms with Gasteiger partial charge in [0.25, 0.3) is 0 Å². The highest BCUT2D eigenvalue weighted by molar-refractivity contribution is 7.89. The lowest BCUT2D eigenvalue weighted by Crippen LogP contribution is -2.29. The van der Waals surface area contributed by atoms with Crippen LogP contribution < -0.4 is 0 Å². The summed E-state index contributed by atoms with van der Waals surface area (Å²) in [5.41, 5.74) is 2.08. The van der Waals surface area contributed by atoms with Crippen molar-refractivity contribution < 1.29 is 8.42 Å². The average Bonchev–Trinajstić information content (AvgIpc) is 2.92. The highest BCUT2D eigenvalue weighted by Crippen LogP contribution is 2.18. The summed E-state index contributed by atoms with van der Waals surface area (Å²) < 4.78 is 26.3. The maximum Gasteiger partial charge on any atom is 0.242 e. The maximum absolute atomic E-state index is 12.5. The summed E-state index contributed by atoms with van der Waals surface area (Å²) in [5.74, 6) is 0. The van der Waals surface area contributed by atoms with Crippen LogP contribution in [0.2, 0.25) is 0 Å². The SMILES string of the molecule is Cc1ccc(S(=O)(=O)N(C)CCc2nccs2)cc1C. The smallest absolute Gasteiger partial charge is 0.242 e. The first-order valence-corrected chi connectivity index (χ1v) is 8.65. The Morgan fingerprint density at radius 2 is 2.00 bits per heavy atom. The van der Waals surface area contributed by atoms with E-state index in [1.807, 2.05) is 25.3 Å². The number of nitrogens with zero attached hydrogens (tertiary/aromatic N) is 2. The third kappa shape index (κ3) is 3.26. The summed E-state index contributed by atoms with van der Waals surface area (Å²) in [6, 6.07) is 5.24. The summed E-state index contributed by atoms with van der Waals surface area (Å²) in [4.78, 5) is 4.52. The molecule has 0 aliphatic rings. The molecule has 0 saturated carbocycles. The Bertz CT molecular complexity index is 679. The van der Waals surface area contributed by atoms with Crippen LogP contribution in [0, 0.1) is 13.8 Å². The van der Waals surface area contributed by atoms with E-state index in [1.165, 1.54) is 4.31 Å². The molecule has 0 fully saturated rings. The molecule has 0 bridgehead atoms. The van der Waals surface area contributed by atoms with E-state index in [1.54, 1.807) is 36.7 Å². The van der Waals surface area contributed by atoms with Crippen LogP contribution in [0.4, 0.5) is 0 Å². The van der Waals surface area contributed by atoms with E-state index in [2.05, 4.69) is 4.98 Å². The minimum atomic E-state index is -3.42. The third-order valence-electron chi connectivity index (χ3n) is 3.31. The molecule has 1 aromatic carbocycles. The molecule has 0 N–H and O–H groups in total. The highest BCUT2D eigenvalue weighted by Gasteiger charge is 2.21. The van der Waals surface area contributed by atoms with Crippen molar-refractivity contribution in [3.8, 4) is 0 Å². The van der Waals surface area contributed by atoms with Crippen LogP contribution in [-0.4, -0.2) is 31.3 Å². The molecule has 2 aromatic rings. The van der Waals surface area contributed by atoms with Gasteiger partial charge in [0.15, 0.2) is 0 Å². The van der Waals surface area contributed by atoms with Gasteiger partial charge in [0, 0.05) is 31.6 Å². The Morgan fingerprint density at radius 3 is 2.60 bits per heavy atom. The first kappa shape index (κ1) is 15.2. The normalized spacial score (nSPS) is 12.0. The molecule has 1 aromatic heterocycles. The van der Waals surface area contributed by atoms with E-state index >= 15 is 0 Å². The van der Waals surface area contributed by atoms with Crippen molar-refractivity contribution in [1.82, 2.24) is 9.29 Å². The molecule has 0 saturated heterocycles. The van der Waals surface area contributed by atoms with Crippen molar-refractivity contribution >= 4 is 21.4 Å². The second-order valence-electron chi connectivity index (χ2n) is 4.75. The second-order valence-corrected chi connectivity index (χ2v) is 7.77. The monoisotopic (exact) mass is 310 g/mol. The maximum atomic E-state index is 12.5. The summed E-state index contributed by atoms with van der Waals surface area (Å²) in [6.07, 6.45) is 2.37. The van der Waals surface area contributed by atoms with Gasteiger partial charge in [-0.2, -0.15) is 0 Å². The zero-order chi connectivity index (χ0) is 14.8. The van der Waals surface area contributed by atoms with Crippen molar-refractivity contribution in [2.45, 2.75) is 25.2 Å². The Morgan fingerprint density at radius 1 is 1.25 bits per heavy atom. The van der Waals surface area contributed by atoms with Gasteiger partial charge in [0.2, 0.25) is 10.0 Å². The number of sulfonamides is 1. The largest absolute Gasteiger partial charge is 0.250 e. The van der Waals surface area contributed by atoms with Gasteiger partial charge in [-0.25, -0.2) is 17.7 Å². The fraction of sp³-hybridized carbons (Fsp3) is 0.357. The summed E-state index contributed by atoms with van der Waals surface area (Å²) in [5, 5.41) is 2.85. The van der Waals surface area contributed by atoms with Crippen molar-refractivity contribution in [3.05, 3.63) is 45.9 Å². The molecular formula is C14H18N2O2S2. The van der Waals surface area contributed by atoms with Gasteiger partial charge in [-0.15, -0.1) is 11.3 Å². The molecule has 20 heavy (non-hydrogen) atoms. The van der Waals surface area contributed by atoms with Gasteiger partial charge in [0.1, 0.15) is 0 Å². The molecule has 0 spiro atoms. The van der Waals surface area contributed by atoms with Crippen molar-refractivity contribution in [2.24, 2.45) is 0 Å². The molecular weight excluding hydrogens is 292 g/mol. The van der Waals surface area contributed by atoms with Crippen LogP contribution in [0.3, 0.4) is 0 Å². The lowest BCUT2D eigenvalue weighted by atomic mass is 10.1. The van der Waals surface area contributed by atoms with Crippen LogP contribution in [-0.2, 0) is 16.4 Å². The molecule has 2 rings (SSSR count). The van der Waals surface area contributed by atoms with Crippen molar-refractivity contribution in [1.29, 1.82) is 0 Å². The van der Waals surface area contributed by atoms with Gasteiger partial charge in [-0.1, -0.05) is 6.07 Å². The third-order valence-corrected chi connectivity index (χ3v) is 6.00. The van der Waals surface area contributed by atoms with Crippen molar-refractivity contribution in [3.63, 3.8) is 0 Å². The van der Waals surface area contributed by atoms with E-state index < -0.39 is 10.0 Å². The molecule has 6 heteroatoms. The number of aryl methyl sites for hydroxylation is 2. The fourth-order valence-electron chi connectivity index (χ4n) is 1.80. The average molecular weight is 310 g/mol. The summed E-state index contributed by atoms with van der Waals surface area (Å²) in [6.45, 7) is 4.32. The molecule has 0 atom stereocenters. The number of likely N-dealkylation sites (N-methyl/N-ethyl adjacent to an activating group) is 1. The molecule has 0 aliphatic carbocycles. The van der Waals surface area contributed by atoms with Crippen LogP contribution in [0.15, 0.2) is 34.7 Å². The van der Waals surface area contributed by atoms with Crippen LogP contribution in [0.25, 0.3) is 0 Å². The van der Waals surface area contributed by atoms with E-state index in [-0.39, 0.29) is 0 Å². The second kappa shape index (κ2) is 6.03. The predicted octanol–water partition coefficient (Wildman–Crippen LogP) is 2.62. The van der Waals surface area contributed by atoms with Crippen LogP contribution in [0.5, 0.6) is 0 Å². The molecule has 4 nitrogen and oxygen atoms in total. The van der Waals surface area contributed by atoms with Crippen LogP contribution in [0.1, 0.15) is 16.1 Å². The van der Waals surface area contributed by atoms with E-state index in [9.17, 15) is 8.42 Å². The lowest BCUT2D eigenvalue weighted by Gasteiger charge is -2.17. The molecule has 0 radical (unpaired) electrons. The summed E-state index contributed by atoms with van der Waals surface area (Å²) in [7, 11) is -1.81. The topological polar surface area (TPSA) is 50.3 Å². The fourth-order valence-corrected chi connectivity index (χ4v) is 3.67. The molecule has 108 valence electrons. The van der Waals surface area contributed by atoms with Gasteiger partial charge in [0.05, 0.1) is 9.90 Å². The minimum absolute atomic E-state index is 0.349. The molecule has 0 unspecified atom stereocenters. The summed E-state index contributed by atoms with van der Waals surface area (Å²) >= 11 is 1.54. The Labute approximate surface area is 124 Å². The Balaban J connectivity index is 2.14. The Kier molecular flexibility index (Phi) is 4.57. The molecule has 1 heterocycles. The zero-order valence-electron chi connectivity index (χ0n) is 11.8. The Hall–Kier alpha value is -1.24. The molecule has 0 aliphatic heterocycles. The van der Waals surface area contributed by atoms with Gasteiger partial charge >= 0.3 is 0 Å². The lowest BCUT2D eigenvalue weighted by molar-refractivity contribution is 0.472. The first-order valence-electron chi connectivity index (χ1n) is 6.33. The van der Waals surface area contributed by atoms with E-state index in [4.69, 9.17) is 0 Å². The van der Waals surface area contributed by atoms with Gasteiger partial charge < -0.3 is 0 Å². The highest BCUT2D eigenvalue weighted by atomic mass is 32.2. The number of rotatable bonds is 5. The predicted molar refractivity (Wildman–Crippen MR) is 81.5 cm³/mol. The van der Waals surface area contributed by atoms with E-state index in [0.717, 1.165) is 16.1 Å². The van der Waals surface area contributed by atoms with Crippen LogP contribution >= 0.6 is 11.3 Å². The first-order chi connectivity index (χ1) is 9.41. The standard InChI is InChI=1S/C14H18N2O2S2/c1-11-4-5-13(10-12(11)2)20(17,18)16(3)8-6-14-15-7-9-19-14/h4-5,7,9-10H,6,8H2,1-3H3. The van der Waals surface area contributed by atoms with Gasteiger partial charge in [-0.3, -0.25) is 0 Å². The number of thiazole rings is 1. The number of benzene rings is 1. The minimum Gasteiger partial charge on any atom is -0.250 e. The number of hydrogen-bond donors (Lipinski definition) is 0. The van der Waals surface area contributed by atoms with E-state index in [0.29, 0.717) is 17.9 Å².